The second-order valence-corrected chi connectivity index (χ2v) is 5.38. The van der Waals surface area contributed by atoms with E-state index in [1.54, 1.807) is 19.3 Å². The molecule has 0 bridgehead atoms. The largest absolute Gasteiger partial charge is 0.383 e. The minimum Gasteiger partial charge on any atom is -0.383 e. The van der Waals surface area contributed by atoms with Crippen molar-refractivity contribution in [2.75, 3.05) is 24.1 Å². The third kappa shape index (κ3) is 2.58. The molecule has 0 radical (unpaired) electrons. The number of nitrogens with two attached hydrogens (primary N) is 1. The molecule has 1 amide bonds. The number of nitrogens with zero attached hydrogens (tertiary/aromatic N) is 4. The van der Waals surface area contributed by atoms with E-state index in [0.29, 0.717) is 18.3 Å². The standard InChI is InChI=1S/C14H18N6O/c1-8-5-16-13(15)11-6-17-14(19-12(8)11)18-10-3-4-20(7-10)9(2)21/h5-6,10H,3-4,7H2,1-2H3,(H2,15,16)(H,17,18,19)/t10-/m0/s1. The Bertz CT molecular complexity index is 701. The number of pyridine rings is 1. The smallest absolute Gasteiger partial charge is 0.223 e. The molecule has 1 saturated heterocycles. The van der Waals surface area contributed by atoms with Crippen molar-refractivity contribution in [3.05, 3.63) is 18.0 Å². The van der Waals surface area contributed by atoms with Gasteiger partial charge in [-0.25, -0.2) is 15.0 Å². The first-order chi connectivity index (χ1) is 10.0. The minimum atomic E-state index is 0.105. The average molecular weight is 286 g/mol. The summed E-state index contributed by atoms with van der Waals surface area (Å²) in [5, 5.41) is 4.05. The van der Waals surface area contributed by atoms with Crippen molar-refractivity contribution in [1.82, 2.24) is 19.9 Å². The Hall–Kier alpha value is -2.44. The molecule has 0 unspecified atom stereocenters. The van der Waals surface area contributed by atoms with Gasteiger partial charge in [0.25, 0.3) is 0 Å². The number of aryl methyl sites for hydroxylation is 1. The van der Waals surface area contributed by atoms with Crippen molar-refractivity contribution in [2.24, 2.45) is 0 Å². The van der Waals surface area contributed by atoms with E-state index >= 15 is 0 Å². The van der Waals surface area contributed by atoms with E-state index in [2.05, 4.69) is 20.3 Å². The molecule has 110 valence electrons. The monoisotopic (exact) mass is 286 g/mol. The Morgan fingerprint density at radius 2 is 2.24 bits per heavy atom. The zero-order valence-corrected chi connectivity index (χ0v) is 12.1. The number of rotatable bonds is 2. The van der Waals surface area contributed by atoms with Crippen LogP contribution in [0.25, 0.3) is 10.9 Å². The first-order valence-corrected chi connectivity index (χ1v) is 6.94. The first-order valence-electron chi connectivity index (χ1n) is 6.94. The second kappa shape index (κ2) is 5.16. The fourth-order valence-electron chi connectivity index (χ4n) is 2.58. The molecule has 7 nitrogen and oxygen atoms in total. The lowest BCUT2D eigenvalue weighted by Crippen LogP contribution is -2.30. The molecule has 0 aromatic carbocycles. The molecule has 0 saturated carbocycles. The number of carbonyl (C=O) groups excluding carboxylic acids is 1. The lowest BCUT2D eigenvalue weighted by atomic mass is 10.2. The van der Waals surface area contributed by atoms with Gasteiger partial charge < -0.3 is 16.0 Å². The summed E-state index contributed by atoms with van der Waals surface area (Å²) in [6.07, 6.45) is 4.30. The normalized spacial score (nSPS) is 18.2. The molecule has 21 heavy (non-hydrogen) atoms. The maximum atomic E-state index is 11.3. The predicted molar refractivity (Wildman–Crippen MR) is 80.8 cm³/mol. The van der Waals surface area contributed by atoms with E-state index in [1.807, 2.05) is 11.8 Å². The van der Waals surface area contributed by atoms with Crippen LogP contribution >= 0.6 is 0 Å². The third-order valence-corrected chi connectivity index (χ3v) is 3.80. The number of likely N-dealkylation sites (tertiary alicyclic amines) is 1. The number of hydrogen-bond donors (Lipinski definition) is 2. The molecule has 2 aromatic rings. The van der Waals surface area contributed by atoms with Crippen LogP contribution in [0.3, 0.4) is 0 Å². The molecule has 2 aromatic heterocycles. The summed E-state index contributed by atoms with van der Waals surface area (Å²) in [5.41, 5.74) is 7.60. The summed E-state index contributed by atoms with van der Waals surface area (Å²) >= 11 is 0. The number of nitrogens with one attached hydrogen (secondary N) is 1. The van der Waals surface area contributed by atoms with Crippen molar-refractivity contribution in [3.8, 4) is 0 Å². The van der Waals surface area contributed by atoms with Gasteiger partial charge in [0.15, 0.2) is 0 Å². The van der Waals surface area contributed by atoms with E-state index in [-0.39, 0.29) is 11.9 Å². The molecule has 1 atom stereocenters. The summed E-state index contributed by atoms with van der Waals surface area (Å²) < 4.78 is 0. The van der Waals surface area contributed by atoms with Gasteiger partial charge in [-0.1, -0.05) is 0 Å². The van der Waals surface area contributed by atoms with Crippen LogP contribution in [0.1, 0.15) is 18.9 Å². The van der Waals surface area contributed by atoms with Crippen LogP contribution in [-0.4, -0.2) is 44.9 Å². The lowest BCUT2D eigenvalue weighted by molar-refractivity contribution is -0.127. The predicted octanol–water partition coefficient (Wildman–Crippen LogP) is 0.948. The summed E-state index contributed by atoms with van der Waals surface area (Å²) in [5.74, 6) is 1.10. The number of aromatic nitrogens is 3. The highest BCUT2D eigenvalue weighted by molar-refractivity contribution is 5.89. The fourth-order valence-corrected chi connectivity index (χ4v) is 2.58. The summed E-state index contributed by atoms with van der Waals surface area (Å²) in [6, 6.07) is 0.186. The Kier molecular flexibility index (Phi) is 3.32. The Labute approximate surface area is 122 Å². The van der Waals surface area contributed by atoms with Gasteiger partial charge in [-0.3, -0.25) is 4.79 Å². The average Bonchev–Trinajstić information content (AvgIpc) is 2.92. The van der Waals surface area contributed by atoms with Crippen molar-refractivity contribution >= 4 is 28.6 Å². The zero-order chi connectivity index (χ0) is 15.0. The SMILES string of the molecule is CC(=O)N1CC[C@H](Nc2ncc3c(N)ncc(C)c3n2)C1. The molecule has 7 heteroatoms. The van der Waals surface area contributed by atoms with Crippen LogP contribution in [0.2, 0.25) is 0 Å². The number of anilines is 2. The van der Waals surface area contributed by atoms with Gasteiger partial charge in [-0.2, -0.15) is 0 Å². The van der Waals surface area contributed by atoms with E-state index < -0.39 is 0 Å². The molecule has 1 aliphatic rings. The van der Waals surface area contributed by atoms with Gasteiger partial charge in [-0.05, 0) is 18.9 Å². The van der Waals surface area contributed by atoms with Crippen LogP contribution in [0.5, 0.6) is 0 Å². The third-order valence-electron chi connectivity index (χ3n) is 3.80. The van der Waals surface area contributed by atoms with Gasteiger partial charge in [-0.15, -0.1) is 0 Å². The lowest BCUT2D eigenvalue weighted by Gasteiger charge is -2.15. The van der Waals surface area contributed by atoms with Crippen LogP contribution in [0, 0.1) is 6.92 Å². The first kappa shape index (κ1) is 13.5. The highest BCUT2D eigenvalue weighted by Crippen LogP contribution is 2.21. The molecule has 3 rings (SSSR count). The van der Waals surface area contributed by atoms with Crippen LogP contribution in [-0.2, 0) is 4.79 Å². The van der Waals surface area contributed by atoms with E-state index in [4.69, 9.17) is 5.73 Å². The van der Waals surface area contributed by atoms with Crippen LogP contribution < -0.4 is 11.1 Å². The van der Waals surface area contributed by atoms with E-state index in [1.165, 1.54) is 0 Å². The molecule has 0 spiro atoms. The zero-order valence-electron chi connectivity index (χ0n) is 12.1. The highest BCUT2D eigenvalue weighted by atomic mass is 16.2. The molecule has 1 aliphatic heterocycles. The quantitative estimate of drug-likeness (QED) is 0.853. The molecule has 3 N–H and O–H groups in total. The Morgan fingerprint density at radius 1 is 1.43 bits per heavy atom. The van der Waals surface area contributed by atoms with Crippen LogP contribution in [0.4, 0.5) is 11.8 Å². The Balaban J connectivity index is 1.82. The fraction of sp³-hybridized carbons (Fsp3) is 0.429. The molecule has 0 aliphatic carbocycles. The molecular weight excluding hydrogens is 268 g/mol. The van der Waals surface area contributed by atoms with Crippen molar-refractivity contribution < 1.29 is 4.79 Å². The maximum absolute atomic E-state index is 11.3. The van der Waals surface area contributed by atoms with Crippen molar-refractivity contribution in [1.29, 1.82) is 0 Å². The maximum Gasteiger partial charge on any atom is 0.223 e. The minimum absolute atomic E-state index is 0.105. The van der Waals surface area contributed by atoms with Gasteiger partial charge in [0.2, 0.25) is 11.9 Å². The van der Waals surface area contributed by atoms with Gasteiger partial charge in [0.1, 0.15) is 5.82 Å². The van der Waals surface area contributed by atoms with Crippen LogP contribution in [0.15, 0.2) is 12.4 Å². The summed E-state index contributed by atoms with van der Waals surface area (Å²) in [6.45, 7) is 5.00. The van der Waals surface area contributed by atoms with Gasteiger partial charge in [0.05, 0.1) is 10.9 Å². The topological polar surface area (TPSA) is 97.0 Å². The highest BCUT2D eigenvalue weighted by Gasteiger charge is 2.24. The Morgan fingerprint density at radius 3 is 2.95 bits per heavy atom. The summed E-state index contributed by atoms with van der Waals surface area (Å²) in [7, 11) is 0. The van der Waals surface area contributed by atoms with E-state index in [0.717, 1.165) is 29.4 Å². The van der Waals surface area contributed by atoms with Gasteiger partial charge in [0, 0.05) is 38.4 Å². The van der Waals surface area contributed by atoms with Gasteiger partial charge >= 0.3 is 0 Å². The van der Waals surface area contributed by atoms with Crippen molar-refractivity contribution in [3.63, 3.8) is 0 Å². The summed E-state index contributed by atoms with van der Waals surface area (Å²) in [4.78, 5) is 26.1. The second-order valence-electron chi connectivity index (χ2n) is 5.38. The number of nitrogen functional groups attached to an aromatic ring is 1. The molecule has 3 heterocycles. The van der Waals surface area contributed by atoms with Crippen molar-refractivity contribution in [2.45, 2.75) is 26.3 Å². The number of amides is 1. The number of hydrogen-bond acceptors (Lipinski definition) is 6. The van der Waals surface area contributed by atoms with E-state index in [9.17, 15) is 4.79 Å². The molecular formula is C14H18N6O. The number of fused-ring (bicyclic) bond motifs is 1. The molecule has 1 fully saturated rings. The number of carbonyl (C=O) groups is 1.